The number of halogens is 1. The van der Waals surface area contributed by atoms with E-state index in [1.165, 1.54) is 0 Å². The predicted octanol–water partition coefficient (Wildman–Crippen LogP) is 2.53. The van der Waals surface area contributed by atoms with Crippen LogP contribution in [-0.4, -0.2) is 21.2 Å². The van der Waals surface area contributed by atoms with E-state index >= 15 is 0 Å². The molecule has 0 fully saturated rings. The summed E-state index contributed by atoms with van der Waals surface area (Å²) in [6.45, 7) is 2.92. The summed E-state index contributed by atoms with van der Waals surface area (Å²) in [6.07, 6.45) is 2.10. The molecule has 1 aromatic carbocycles. The van der Waals surface area contributed by atoms with Crippen LogP contribution in [0.4, 0.5) is 11.4 Å². The third kappa shape index (κ3) is 4.28. The van der Waals surface area contributed by atoms with Gasteiger partial charge in [0.2, 0.25) is 10.0 Å². The molecule has 0 aliphatic carbocycles. The lowest BCUT2D eigenvalue weighted by Gasteiger charge is -2.09. The van der Waals surface area contributed by atoms with Crippen molar-refractivity contribution in [2.24, 2.45) is 0 Å². The van der Waals surface area contributed by atoms with Gasteiger partial charge in [0, 0.05) is 12.2 Å². The Morgan fingerprint density at radius 1 is 1.38 bits per heavy atom. The summed E-state index contributed by atoms with van der Waals surface area (Å²) in [5.41, 5.74) is 1.28. The summed E-state index contributed by atoms with van der Waals surface area (Å²) in [5.74, 6) is 0. The molecule has 0 unspecified atom stereocenters. The molecule has 4 nitrogen and oxygen atoms in total. The van der Waals surface area contributed by atoms with Crippen molar-refractivity contribution in [3.05, 3.63) is 23.2 Å². The first-order valence-corrected chi connectivity index (χ1v) is 7.20. The van der Waals surface area contributed by atoms with Crippen LogP contribution >= 0.6 is 11.6 Å². The monoisotopic (exact) mass is 262 g/mol. The zero-order valence-corrected chi connectivity index (χ0v) is 10.8. The van der Waals surface area contributed by atoms with Crippen LogP contribution in [0.2, 0.25) is 5.02 Å². The maximum Gasteiger partial charge on any atom is 0.229 e. The number of anilines is 2. The van der Waals surface area contributed by atoms with Crippen molar-refractivity contribution in [3.63, 3.8) is 0 Å². The number of rotatable bonds is 5. The SMILES string of the molecule is CCCNc1ccc(NS(C)(=O)=O)c(Cl)c1. The second-order valence-electron chi connectivity index (χ2n) is 3.50. The minimum absolute atomic E-state index is 0.381. The van der Waals surface area contributed by atoms with Crippen molar-refractivity contribution < 1.29 is 8.42 Å². The minimum atomic E-state index is -3.28. The van der Waals surface area contributed by atoms with Gasteiger partial charge in [-0.2, -0.15) is 0 Å². The number of hydrogen-bond donors (Lipinski definition) is 2. The highest BCUT2D eigenvalue weighted by atomic mass is 35.5. The van der Waals surface area contributed by atoms with E-state index in [-0.39, 0.29) is 0 Å². The standard InChI is InChI=1S/C10H15ClN2O2S/c1-3-6-12-8-4-5-10(9(11)7-8)13-16(2,14)15/h4-5,7,12-13H,3,6H2,1-2H3. The van der Waals surface area contributed by atoms with E-state index < -0.39 is 10.0 Å². The van der Waals surface area contributed by atoms with E-state index in [0.29, 0.717) is 10.7 Å². The van der Waals surface area contributed by atoms with E-state index in [9.17, 15) is 8.42 Å². The number of sulfonamides is 1. The minimum Gasteiger partial charge on any atom is -0.385 e. The molecule has 0 heterocycles. The van der Waals surface area contributed by atoms with Crippen LogP contribution in [0.25, 0.3) is 0 Å². The van der Waals surface area contributed by atoms with Crippen molar-refractivity contribution in [1.29, 1.82) is 0 Å². The lowest BCUT2D eigenvalue weighted by Crippen LogP contribution is -2.10. The summed E-state index contributed by atoms with van der Waals surface area (Å²) in [4.78, 5) is 0. The summed E-state index contributed by atoms with van der Waals surface area (Å²) in [5, 5.41) is 3.54. The van der Waals surface area contributed by atoms with Gasteiger partial charge in [-0.05, 0) is 24.6 Å². The van der Waals surface area contributed by atoms with Gasteiger partial charge in [-0.3, -0.25) is 4.72 Å². The summed E-state index contributed by atoms with van der Waals surface area (Å²) < 4.78 is 24.4. The van der Waals surface area contributed by atoms with Gasteiger partial charge in [-0.15, -0.1) is 0 Å². The van der Waals surface area contributed by atoms with E-state index in [0.717, 1.165) is 24.9 Å². The van der Waals surface area contributed by atoms with Crippen molar-refractivity contribution >= 4 is 33.0 Å². The Morgan fingerprint density at radius 2 is 2.06 bits per heavy atom. The zero-order valence-electron chi connectivity index (χ0n) is 9.25. The fourth-order valence-electron chi connectivity index (χ4n) is 1.18. The van der Waals surface area contributed by atoms with Gasteiger partial charge in [-0.1, -0.05) is 18.5 Å². The van der Waals surface area contributed by atoms with E-state index in [1.807, 2.05) is 0 Å². The van der Waals surface area contributed by atoms with Crippen LogP contribution in [-0.2, 0) is 10.0 Å². The third-order valence-corrected chi connectivity index (χ3v) is 2.75. The first kappa shape index (κ1) is 13.1. The van der Waals surface area contributed by atoms with E-state index in [1.54, 1.807) is 18.2 Å². The molecule has 90 valence electrons. The van der Waals surface area contributed by atoms with Crippen molar-refractivity contribution in [3.8, 4) is 0 Å². The molecular formula is C10H15ClN2O2S. The number of benzene rings is 1. The van der Waals surface area contributed by atoms with Crippen LogP contribution < -0.4 is 10.0 Å². The second kappa shape index (κ2) is 5.41. The largest absolute Gasteiger partial charge is 0.385 e. The highest BCUT2D eigenvalue weighted by Crippen LogP contribution is 2.26. The molecule has 0 aromatic heterocycles. The van der Waals surface area contributed by atoms with Crippen LogP contribution in [0.3, 0.4) is 0 Å². The molecular weight excluding hydrogens is 248 g/mol. The van der Waals surface area contributed by atoms with Gasteiger partial charge < -0.3 is 5.32 Å². The van der Waals surface area contributed by atoms with Gasteiger partial charge in [0.25, 0.3) is 0 Å². The van der Waals surface area contributed by atoms with Crippen molar-refractivity contribution in [2.45, 2.75) is 13.3 Å². The zero-order chi connectivity index (χ0) is 12.2. The molecule has 0 spiro atoms. The molecule has 0 saturated heterocycles. The average molecular weight is 263 g/mol. The molecule has 2 N–H and O–H groups in total. The van der Waals surface area contributed by atoms with Crippen molar-refractivity contribution in [2.75, 3.05) is 22.8 Å². The molecule has 0 atom stereocenters. The summed E-state index contributed by atoms with van der Waals surface area (Å²) in [6, 6.07) is 5.13. The van der Waals surface area contributed by atoms with Gasteiger partial charge in [0.05, 0.1) is 17.0 Å². The average Bonchev–Trinajstić information content (AvgIpc) is 2.17. The highest BCUT2D eigenvalue weighted by Gasteiger charge is 2.06. The summed E-state index contributed by atoms with van der Waals surface area (Å²) >= 11 is 5.95. The first-order chi connectivity index (χ1) is 7.42. The van der Waals surface area contributed by atoms with Crippen LogP contribution in [0.15, 0.2) is 18.2 Å². The Morgan fingerprint density at radius 3 is 2.56 bits per heavy atom. The number of nitrogens with one attached hydrogen (secondary N) is 2. The Bertz CT molecular complexity index is 460. The molecule has 0 saturated carbocycles. The first-order valence-electron chi connectivity index (χ1n) is 4.93. The van der Waals surface area contributed by atoms with Gasteiger partial charge in [0.1, 0.15) is 0 Å². The van der Waals surface area contributed by atoms with Crippen molar-refractivity contribution in [1.82, 2.24) is 0 Å². The van der Waals surface area contributed by atoms with Gasteiger partial charge >= 0.3 is 0 Å². The van der Waals surface area contributed by atoms with Gasteiger partial charge in [0.15, 0.2) is 0 Å². The molecule has 0 aliphatic rings. The predicted molar refractivity (Wildman–Crippen MR) is 68.7 cm³/mol. The maximum atomic E-state index is 11.0. The lowest BCUT2D eigenvalue weighted by atomic mass is 10.3. The maximum absolute atomic E-state index is 11.0. The molecule has 0 radical (unpaired) electrons. The molecule has 0 aliphatic heterocycles. The summed E-state index contributed by atoms with van der Waals surface area (Å²) in [7, 11) is -3.28. The normalized spacial score (nSPS) is 11.2. The Labute approximate surface area is 101 Å². The number of hydrogen-bond acceptors (Lipinski definition) is 3. The molecule has 0 amide bonds. The van der Waals surface area contributed by atoms with Crippen LogP contribution in [0.1, 0.15) is 13.3 Å². The van der Waals surface area contributed by atoms with Crippen LogP contribution in [0, 0.1) is 0 Å². The Kier molecular flexibility index (Phi) is 4.44. The fourth-order valence-corrected chi connectivity index (χ4v) is 2.04. The van der Waals surface area contributed by atoms with E-state index in [2.05, 4.69) is 17.0 Å². The van der Waals surface area contributed by atoms with Gasteiger partial charge in [-0.25, -0.2) is 8.42 Å². The molecule has 1 rings (SSSR count). The Hall–Kier alpha value is -0.940. The molecule has 0 bridgehead atoms. The second-order valence-corrected chi connectivity index (χ2v) is 5.65. The molecule has 6 heteroatoms. The highest BCUT2D eigenvalue weighted by molar-refractivity contribution is 7.92. The van der Waals surface area contributed by atoms with E-state index in [4.69, 9.17) is 11.6 Å². The quantitative estimate of drug-likeness (QED) is 0.857. The fraction of sp³-hybridized carbons (Fsp3) is 0.400. The smallest absolute Gasteiger partial charge is 0.229 e. The molecule has 16 heavy (non-hydrogen) atoms. The van der Waals surface area contributed by atoms with Crippen LogP contribution in [0.5, 0.6) is 0 Å². The Balaban J connectivity index is 2.83. The topological polar surface area (TPSA) is 58.2 Å². The third-order valence-electron chi connectivity index (χ3n) is 1.84. The molecule has 1 aromatic rings. The lowest BCUT2D eigenvalue weighted by molar-refractivity contribution is 0.607.